The van der Waals surface area contributed by atoms with E-state index in [2.05, 4.69) is 58.1 Å². The van der Waals surface area contributed by atoms with Gasteiger partial charge in [-0.25, -0.2) is 0 Å². The quantitative estimate of drug-likeness (QED) is 0.0318. The van der Waals surface area contributed by atoms with Gasteiger partial charge in [-0.3, -0.25) is 34.0 Å². The Bertz CT molecular complexity index is 1810. The summed E-state index contributed by atoms with van der Waals surface area (Å²) in [7, 11) is 0. The lowest BCUT2D eigenvalue weighted by Crippen LogP contribution is -2.67. The third kappa shape index (κ3) is 11.8. The van der Waals surface area contributed by atoms with Crippen LogP contribution in [0.3, 0.4) is 0 Å². The topological polar surface area (TPSA) is 356 Å². The van der Waals surface area contributed by atoms with Crippen LogP contribution in [0.1, 0.15) is 152 Å². The van der Waals surface area contributed by atoms with Crippen LogP contribution >= 0.6 is 0 Å². The number of hydrogen-bond acceptors (Lipinski definition) is 10. The number of carbonyl (C=O) groups excluding carboxylic acids is 1. The normalized spacial score (nSPS) is 33.6. The Morgan fingerprint density at radius 3 is 1.70 bits per heavy atom. The van der Waals surface area contributed by atoms with E-state index in [0.717, 1.165) is 69.8 Å². The number of allylic oxidation sites excluding steroid dienone is 1. The van der Waals surface area contributed by atoms with Crippen molar-refractivity contribution < 1.29 is 49.1 Å². The number of nitrogens with zero attached hydrogens (tertiary/aromatic N) is 2. The minimum absolute atomic E-state index is 0.0129. The van der Waals surface area contributed by atoms with Gasteiger partial charge in [-0.1, -0.05) is 46.8 Å². The summed E-state index contributed by atoms with van der Waals surface area (Å²) in [4.78, 5) is 65.3. The Morgan fingerprint density at radius 1 is 0.712 bits per heavy atom. The molecule has 0 aliphatic heterocycles. The largest absolute Gasteiger partial charge is 0.481 e. The Balaban J connectivity index is 0.000000395. The molecular formula is C48H84N8O10. The zero-order valence-electron chi connectivity index (χ0n) is 40.9. The summed E-state index contributed by atoms with van der Waals surface area (Å²) >= 11 is 0. The van der Waals surface area contributed by atoms with Crippen LogP contribution in [0.25, 0.3) is 0 Å². The van der Waals surface area contributed by atoms with Crippen molar-refractivity contribution in [2.45, 2.75) is 170 Å². The molecule has 66 heavy (non-hydrogen) atoms. The van der Waals surface area contributed by atoms with Gasteiger partial charge < -0.3 is 59.6 Å². The van der Waals surface area contributed by atoms with Gasteiger partial charge in [0.25, 0.3) is 0 Å². The maximum atomic E-state index is 12.9. The van der Waals surface area contributed by atoms with Crippen LogP contribution in [0, 0.1) is 62.1 Å². The van der Waals surface area contributed by atoms with E-state index in [9.17, 15) is 34.2 Å². The number of esters is 1. The number of aliphatic imine (C=N–C) groups is 2. The smallest absolute Gasteiger partial charge is 0.320 e. The van der Waals surface area contributed by atoms with Crippen molar-refractivity contribution in [2.75, 3.05) is 13.1 Å². The molecule has 12 atom stereocenters. The van der Waals surface area contributed by atoms with Gasteiger partial charge >= 0.3 is 29.8 Å². The van der Waals surface area contributed by atoms with Gasteiger partial charge in [0, 0.05) is 18.5 Å². The lowest BCUT2D eigenvalue weighted by atomic mass is 9.32. The molecule has 0 amide bonds. The highest BCUT2D eigenvalue weighted by Gasteiger charge is 2.72. The molecule has 0 aromatic rings. The Morgan fingerprint density at radius 2 is 1.24 bits per heavy atom. The van der Waals surface area contributed by atoms with E-state index in [0.29, 0.717) is 62.4 Å². The number of carboxylic acid groups (broad SMARTS) is 4. The van der Waals surface area contributed by atoms with Crippen molar-refractivity contribution in [3.63, 3.8) is 0 Å². The Kier molecular flexibility index (Phi) is 18.3. The van der Waals surface area contributed by atoms with Crippen LogP contribution < -0.4 is 34.4 Å². The molecule has 5 fully saturated rings. The standard InChI is InChI=1S/C36H56O6.2C6H14N4O2/c1-21(2)22-12-17-36(30(40)41)19-18-34(8)23(28(22)36)10-11-25-33(7)15-14-26(42-27(37)20-31(3,4)29(38)39)32(5,6)24(33)13-16-35(25,34)9;2*7-4(5(11)12)2-1-3-10-6(8)9/h22-26,28H,1,10-20H2,2-9H3,(H,38,39)(H,40,41);2*4H,1-3,7H2,(H,11,12)(H4,8,9,10)/t22-,23+,24-,25+,26-,28+,33-,34+,35+,36-;2*4-/m000/s1. The van der Waals surface area contributed by atoms with E-state index in [1.165, 1.54) is 0 Å². The third-order valence-corrected chi connectivity index (χ3v) is 17.4. The summed E-state index contributed by atoms with van der Waals surface area (Å²) in [6, 6.07) is -1.64. The average molecular weight is 933 g/mol. The first-order valence-electron chi connectivity index (χ1n) is 23.7. The van der Waals surface area contributed by atoms with Gasteiger partial charge in [-0.05, 0) is 156 Å². The molecule has 5 aliphatic rings. The molecule has 18 heteroatoms. The molecule has 5 aliphatic carbocycles. The summed E-state index contributed by atoms with van der Waals surface area (Å²) in [5, 5.41) is 36.9. The van der Waals surface area contributed by atoms with Gasteiger partial charge in [-0.2, -0.15) is 0 Å². The van der Waals surface area contributed by atoms with E-state index in [-0.39, 0.29) is 52.0 Å². The summed E-state index contributed by atoms with van der Waals surface area (Å²) in [5.74, 6) is -2.14. The molecule has 0 heterocycles. The van der Waals surface area contributed by atoms with Crippen molar-refractivity contribution in [1.29, 1.82) is 0 Å². The maximum absolute atomic E-state index is 12.9. The number of fused-ring (bicyclic) bond motifs is 7. The molecule has 376 valence electrons. The molecule has 0 spiro atoms. The zero-order chi connectivity index (χ0) is 50.4. The molecule has 0 radical (unpaired) electrons. The lowest BCUT2D eigenvalue weighted by Gasteiger charge is -2.72. The van der Waals surface area contributed by atoms with Crippen LogP contribution in [0.2, 0.25) is 0 Å². The SMILES string of the molecule is C=C(C)[C@@H]1CC[C@]2(C(=O)O)CC[C@]3(C)[C@H](CC[C@@H]4[C@@]5(C)CC[C@H](OC(=O)CC(C)(C)C(=O)O)C(C)(C)[C@@H]5CC[C@]43C)[C@@H]12.NC(N)=NCCC[C@H](N)C(=O)O.NC(N)=NCCC[C@H](N)C(=O)O. The number of ether oxygens (including phenoxy) is 1. The summed E-state index contributed by atoms with van der Waals surface area (Å²) in [6.45, 7) is 22.6. The van der Waals surface area contributed by atoms with Gasteiger partial charge in [0.05, 0.1) is 17.3 Å². The van der Waals surface area contributed by atoms with E-state index in [4.69, 9.17) is 49.4 Å². The van der Waals surface area contributed by atoms with Gasteiger partial charge in [-0.15, -0.1) is 0 Å². The van der Waals surface area contributed by atoms with E-state index in [1.807, 2.05) is 0 Å². The summed E-state index contributed by atoms with van der Waals surface area (Å²) in [5.41, 5.74) is 30.2. The minimum atomic E-state index is -1.15. The van der Waals surface area contributed by atoms with Crippen molar-refractivity contribution in [3.05, 3.63) is 12.2 Å². The predicted molar refractivity (Wildman–Crippen MR) is 254 cm³/mol. The van der Waals surface area contributed by atoms with Crippen LogP contribution in [0.4, 0.5) is 0 Å². The van der Waals surface area contributed by atoms with Gasteiger partial charge in [0.2, 0.25) is 0 Å². The first kappa shape index (κ1) is 55.9. The number of rotatable bonds is 16. The van der Waals surface area contributed by atoms with Crippen LogP contribution in [-0.2, 0) is 28.7 Å². The highest BCUT2D eigenvalue weighted by molar-refractivity contribution is 5.81. The fraction of sp³-hybridized carbons (Fsp3) is 0.812. The summed E-state index contributed by atoms with van der Waals surface area (Å²) < 4.78 is 6.10. The molecule has 0 aromatic carbocycles. The number of carbonyl (C=O) groups is 5. The number of aliphatic carboxylic acids is 4. The molecule has 0 saturated heterocycles. The monoisotopic (exact) mass is 933 g/mol. The van der Waals surface area contributed by atoms with Crippen LogP contribution in [-0.4, -0.2) is 93.5 Å². The number of nitrogens with two attached hydrogens (primary N) is 6. The second-order valence-corrected chi connectivity index (χ2v) is 22.1. The molecule has 5 rings (SSSR count). The fourth-order valence-electron chi connectivity index (χ4n) is 13.6. The van der Waals surface area contributed by atoms with E-state index < -0.39 is 52.8 Å². The molecule has 5 saturated carbocycles. The average Bonchev–Trinajstić information content (AvgIpc) is 3.61. The highest BCUT2D eigenvalue weighted by Crippen LogP contribution is 2.77. The van der Waals surface area contributed by atoms with Crippen molar-refractivity contribution in [3.8, 4) is 0 Å². The molecule has 0 aromatic heterocycles. The van der Waals surface area contributed by atoms with Gasteiger partial charge in [0.1, 0.15) is 18.2 Å². The van der Waals surface area contributed by atoms with Crippen molar-refractivity contribution in [1.82, 2.24) is 0 Å². The van der Waals surface area contributed by atoms with Crippen molar-refractivity contribution in [2.24, 2.45) is 106 Å². The second kappa shape index (κ2) is 21.7. The molecule has 18 nitrogen and oxygen atoms in total. The first-order valence-corrected chi connectivity index (χ1v) is 23.7. The molecule has 0 unspecified atom stereocenters. The maximum Gasteiger partial charge on any atom is 0.320 e. The van der Waals surface area contributed by atoms with E-state index in [1.54, 1.807) is 13.8 Å². The number of hydrogen-bond donors (Lipinski definition) is 10. The van der Waals surface area contributed by atoms with Gasteiger partial charge in [0.15, 0.2) is 11.9 Å². The lowest BCUT2D eigenvalue weighted by molar-refractivity contribution is -0.250. The third-order valence-electron chi connectivity index (χ3n) is 17.4. The number of guanidine groups is 2. The Hall–Kier alpha value is -4.45. The first-order chi connectivity index (χ1) is 30.3. The fourth-order valence-corrected chi connectivity index (χ4v) is 13.6. The molecule has 0 bridgehead atoms. The predicted octanol–water partition coefficient (Wildman–Crippen LogP) is 5.05. The zero-order valence-corrected chi connectivity index (χ0v) is 40.9. The van der Waals surface area contributed by atoms with E-state index >= 15 is 0 Å². The van der Waals surface area contributed by atoms with Crippen LogP contribution in [0.5, 0.6) is 0 Å². The number of carboxylic acids is 4. The summed E-state index contributed by atoms with van der Waals surface area (Å²) in [6.07, 6.45) is 11.3. The molecular weight excluding hydrogens is 849 g/mol. The highest BCUT2D eigenvalue weighted by atomic mass is 16.5. The Labute approximate surface area is 391 Å². The molecule has 16 N–H and O–H groups in total. The second-order valence-electron chi connectivity index (χ2n) is 22.1. The minimum Gasteiger partial charge on any atom is -0.481 e. The van der Waals surface area contributed by atoms with Crippen LogP contribution in [0.15, 0.2) is 22.1 Å². The van der Waals surface area contributed by atoms with Crippen molar-refractivity contribution >= 4 is 41.8 Å².